The van der Waals surface area contributed by atoms with Crippen LogP contribution in [-0.2, 0) is 16.1 Å². The van der Waals surface area contributed by atoms with E-state index in [1.165, 1.54) is 0 Å². The number of carboxylic acid groups (broad SMARTS) is 2. The Balaban J connectivity index is 1.34. The zero-order valence-electron chi connectivity index (χ0n) is 19.7. The monoisotopic (exact) mass is 527 g/mol. The van der Waals surface area contributed by atoms with Crippen LogP contribution in [0, 0.1) is 0 Å². The van der Waals surface area contributed by atoms with Gasteiger partial charge in [-0.2, -0.15) is 4.57 Å². The first-order valence-electron chi connectivity index (χ1n) is 11.5. The second-order valence-corrected chi connectivity index (χ2v) is 10.4. The number of aliphatic carboxylic acids is 2. The second kappa shape index (κ2) is 10.9. The van der Waals surface area contributed by atoms with Crippen LogP contribution in [0.4, 0.5) is 5.69 Å². The molecule has 0 fully saturated rings. The Morgan fingerprint density at radius 2 is 1.62 bits per heavy atom. The smallest absolute Gasteiger partial charge is 0.370 e. The minimum atomic E-state index is -0.886. The first-order valence-corrected chi connectivity index (χ1v) is 13.2. The zero-order valence-corrected chi connectivity index (χ0v) is 21.3. The molecule has 1 aromatic heterocycles. The van der Waals surface area contributed by atoms with E-state index in [0.717, 1.165) is 41.6 Å². The summed E-state index contributed by atoms with van der Waals surface area (Å²) in [4.78, 5) is 25.8. The Morgan fingerprint density at radius 1 is 0.865 bits per heavy atom. The van der Waals surface area contributed by atoms with Gasteiger partial charge >= 0.3 is 11.9 Å². The average molecular weight is 528 g/mol. The molecule has 0 radical (unpaired) electrons. The number of para-hydroxylation sites is 1. The molecular formula is C29H23N2O4S2+. The van der Waals surface area contributed by atoms with Crippen LogP contribution in [0.3, 0.4) is 0 Å². The number of nitrogens with zero attached hydrogens (tertiary/aromatic N) is 2. The fourth-order valence-corrected chi connectivity index (χ4v) is 6.40. The van der Waals surface area contributed by atoms with Gasteiger partial charge in [-0.05, 0) is 35.7 Å². The number of carboxylic acids is 2. The number of carbonyl (C=O) groups is 2. The van der Waals surface area contributed by atoms with Gasteiger partial charge in [0, 0.05) is 11.0 Å². The highest BCUT2D eigenvalue weighted by Crippen LogP contribution is 2.45. The molecule has 0 saturated heterocycles. The maximum Gasteiger partial charge on any atom is 0.370 e. The summed E-state index contributed by atoms with van der Waals surface area (Å²) in [6.07, 6.45) is 13.2. The molecular weight excluding hydrogens is 504 g/mol. The van der Waals surface area contributed by atoms with E-state index in [1.807, 2.05) is 102 Å². The van der Waals surface area contributed by atoms with Crippen molar-refractivity contribution < 1.29 is 24.4 Å². The first kappa shape index (κ1) is 24.5. The van der Waals surface area contributed by atoms with Crippen molar-refractivity contribution in [2.75, 3.05) is 11.4 Å². The molecule has 184 valence electrons. The third-order valence-electron chi connectivity index (χ3n) is 5.76. The molecule has 5 rings (SSSR count). The molecule has 1 aliphatic rings. The first-order chi connectivity index (χ1) is 18.0. The molecule has 37 heavy (non-hydrogen) atoms. The molecule has 0 spiro atoms. The predicted molar refractivity (Wildman–Crippen MR) is 150 cm³/mol. The highest BCUT2D eigenvalue weighted by Gasteiger charge is 2.26. The second-order valence-electron chi connectivity index (χ2n) is 8.24. The number of rotatable bonds is 8. The summed E-state index contributed by atoms with van der Waals surface area (Å²) in [5.41, 5.74) is 1.83. The van der Waals surface area contributed by atoms with Crippen molar-refractivity contribution in [1.82, 2.24) is 0 Å². The van der Waals surface area contributed by atoms with Crippen LogP contribution in [0.25, 0.3) is 27.1 Å². The molecule has 0 unspecified atom stereocenters. The molecule has 0 saturated carbocycles. The van der Waals surface area contributed by atoms with Crippen LogP contribution in [0.15, 0.2) is 107 Å². The van der Waals surface area contributed by atoms with Gasteiger partial charge in [0.25, 0.3) is 5.01 Å². The van der Waals surface area contributed by atoms with E-state index in [0.29, 0.717) is 0 Å². The summed E-state index contributed by atoms with van der Waals surface area (Å²) in [5.74, 6) is -1.77. The van der Waals surface area contributed by atoms with Gasteiger partial charge in [0.2, 0.25) is 12.1 Å². The molecule has 3 aromatic carbocycles. The summed E-state index contributed by atoms with van der Waals surface area (Å²) < 4.78 is 2.89. The third kappa shape index (κ3) is 5.35. The molecule has 2 heterocycles. The van der Waals surface area contributed by atoms with Gasteiger partial charge in [0.1, 0.15) is 11.2 Å². The fourth-order valence-electron chi connectivity index (χ4n) is 4.23. The maximum atomic E-state index is 11.6. The standard InChI is InChI=1S/C29H22N2O4S2/c32-27(33)18-30-22-12-8-9-13-23(22)36-25(30)14-4-2-1-3-5-15-26-31(19-28(34)35)29-21-11-7-6-10-20(21)16-17-24(29)37-26/h1-17H,18-19H2,(H-,32,33,34,35)/p+1. The lowest BCUT2D eigenvalue weighted by atomic mass is 10.1. The van der Waals surface area contributed by atoms with Crippen molar-refractivity contribution in [3.8, 4) is 0 Å². The largest absolute Gasteiger partial charge is 0.480 e. The number of fused-ring (bicyclic) bond motifs is 4. The van der Waals surface area contributed by atoms with Crippen molar-refractivity contribution >= 4 is 67.8 Å². The summed E-state index contributed by atoms with van der Waals surface area (Å²) in [6.45, 7) is -0.208. The van der Waals surface area contributed by atoms with Gasteiger partial charge in [0.15, 0.2) is 0 Å². The summed E-state index contributed by atoms with van der Waals surface area (Å²) in [7, 11) is 0. The number of hydrogen-bond donors (Lipinski definition) is 2. The zero-order chi connectivity index (χ0) is 25.8. The topological polar surface area (TPSA) is 81.7 Å². The molecule has 1 aliphatic heterocycles. The van der Waals surface area contributed by atoms with Crippen LogP contribution in [0.2, 0.25) is 0 Å². The number of anilines is 1. The summed E-state index contributed by atoms with van der Waals surface area (Å²) >= 11 is 3.11. The van der Waals surface area contributed by atoms with E-state index < -0.39 is 11.9 Å². The molecule has 0 bridgehead atoms. The summed E-state index contributed by atoms with van der Waals surface area (Å²) in [5, 5.41) is 22.6. The molecule has 4 aromatic rings. The van der Waals surface area contributed by atoms with E-state index in [9.17, 15) is 19.8 Å². The molecule has 0 aliphatic carbocycles. The lowest BCUT2D eigenvalue weighted by Gasteiger charge is -2.17. The van der Waals surface area contributed by atoms with Gasteiger partial charge in [-0.25, -0.2) is 4.79 Å². The van der Waals surface area contributed by atoms with Crippen molar-refractivity contribution in [1.29, 1.82) is 0 Å². The van der Waals surface area contributed by atoms with Crippen molar-refractivity contribution in [2.24, 2.45) is 0 Å². The van der Waals surface area contributed by atoms with Gasteiger partial charge in [-0.15, -0.1) is 0 Å². The van der Waals surface area contributed by atoms with Gasteiger partial charge < -0.3 is 15.1 Å². The quantitative estimate of drug-likeness (QED) is 0.213. The lowest BCUT2D eigenvalue weighted by molar-refractivity contribution is -0.656. The number of benzene rings is 3. The van der Waals surface area contributed by atoms with Crippen LogP contribution in [0.5, 0.6) is 0 Å². The Hall–Kier alpha value is -4.14. The Labute approximate surface area is 221 Å². The molecule has 8 heteroatoms. The number of thiazole rings is 1. The van der Waals surface area contributed by atoms with E-state index in [2.05, 4.69) is 6.07 Å². The SMILES string of the molecule is O=C(O)CN1C(=CC=CC=CC=Cc2sc3ccc4ccccc4c3[n+]2CC(=O)O)Sc2ccccc21. The third-order valence-corrected chi connectivity index (χ3v) is 8.01. The van der Waals surface area contributed by atoms with E-state index in [4.69, 9.17) is 0 Å². The van der Waals surface area contributed by atoms with Crippen molar-refractivity contribution in [3.63, 3.8) is 0 Å². The number of hydrogen-bond acceptors (Lipinski definition) is 5. The number of aromatic nitrogens is 1. The Morgan fingerprint density at radius 3 is 2.46 bits per heavy atom. The Kier molecular flexibility index (Phi) is 7.20. The maximum absolute atomic E-state index is 11.6. The van der Waals surface area contributed by atoms with E-state index in [1.54, 1.807) is 28.0 Å². The lowest BCUT2D eigenvalue weighted by Crippen LogP contribution is -2.39. The van der Waals surface area contributed by atoms with Crippen LogP contribution >= 0.6 is 23.1 Å². The highest BCUT2D eigenvalue weighted by atomic mass is 32.2. The summed E-state index contributed by atoms with van der Waals surface area (Å²) in [6, 6.07) is 19.8. The van der Waals surface area contributed by atoms with Crippen LogP contribution in [-0.4, -0.2) is 28.7 Å². The van der Waals surface area contributed by atoms with Crippen LogP contribution < -0.4 is 9.47 Å². The molecule has 0 amide bonds. The normalized spacial score (nSPS) is 14.7. The van der Waals surface area contributed by atoms with Crippen molar-refractivity contribution in [3.05, 3.63) is 107 Å². The van der Waals surface area contributed by atoms with Crippen molar-refractivity contribution in [2.45, 2.75) is 11.4 Å². The molecule has 6 nitrogen and oxygen atoms in total. The van der Waals surface area contributed by atoms with Gasteiger partial charge in [0.05, 0.1) is 16.1 Å². The van der Waals surface area contributed by atoms with E-state index >= 15 is 0 Å². The minimum Gasteiger partial charge on any atom is -0.480 e. The minimum absolute atomic E-state index is 0.0942. The predicted octanol–water partition coefficient (Wildman–Crippen LogP) is 6.09. The van der Waals surface area contributed by atoms with Gasteiger partial charge in [-0.3, -0.25) is 4.79 Å². The Bertz CT molecular complexity index is 1630. The van der Waals surface area contributed by atoms with Gasteiger partial charge in [-0.1, -0.05) is 89.9 Å². The molecule has 0 atom stereocenters. The highest BCUT2D eigenvalue weighted by molar-refractivity contribution is 8.03. The fraction of sp³-hybridized carbons (Fsp3) is 0.0690. The molecule has 2 N–H and O–H groups in total. The number of thioether (sulfide) groups is 1. The number of allylic oxidation sites excluding steroid dienone is 6. The van der Waals surface area contributed by atoms with Crippen LogP contribution in [0.1, 0.15) is 5.01 Å². The van der Waals surface area contributed by atoms with E-state index in [-0.39, 0.29) is 13.1 Å². The average Bonchev–Trinajstić information content (AvgIpc) is 3.40.